The van der Waals surface area contributed by atoms with E-state index in [1.807, 2.05) is 4.90 Å². The maximum atomic E-state index is 14.6. The topological polar surface area (TPSA) is 50.3 Å². The minimum atomic E-state index is -4.86. The Kier molecular flexibility index (Phi) is 6.16. The maximum Gasteiger partial charge on any atom is 0.420 e. The highest BCUT2D eigenvalue weighted by atomic mass is 19.4. The van der Waals surface area contributed by atoms with Crippen LogP contribution in [0.5, 0.6) is 0 Å². The first-order valence-corrected chi connectivity index (χ1v) is 13.2. The van der Waals surface area contributed by atoms with Crippen LogP contribution < -0.4 is 5.32 Å². The van der Waals surface area contributed by atoms with Crippen molar-refractivity contribution < 1.29 is 33.8 Å². The lowest BCUT2D eigenvalue weighted by atomic mass is 9.96. The number of benzene rings is 1. The summed E-state index contributed by atoms with van der Waals surface area (Å²) in [6.45, 7) is 0.680. The van der Waals surface area contributed by atoms with Gasteiger partial charge < -0.3 is 15.0 Å². The van der Waals surface area contributed by atoms with Gasteiger partial charge in [0.25, 0.3) is 0 Å². The van der Waals surface area contributed by atoms with E-state index in [-0.39, 0.29) is 29.4 Å². The van der Waals surface area contributed by atoms with Crippen molar-refractivity contribution in [1.29, 1.82) is 0 Å². The summed E-state index contributed by atoms with van der Waals surface area (Å²) in [4.78, 5) is 1.88. The summed E-state index contributed by atoms with van der Waals surface area (Å²) in [6, 6.07) is 0.643. The molecule has 3 atom stereocenters. The second-order valence-corrected chi connectivity index (χ2v) is 11.0. The molecule has 4 aliphatic rings. The third-order valence-corrected chi connectivity index (χ3v) is 8.21. The van der Waals surface area contributed by atoms with E-state index in [2.05, 4.69) is 15.5 Å². The van der Waals surface area contributed by atoms with E-state index in [0.29, 0.717) is 77.0 Å². The van der Waals surface area contributed by atoms with Crippen LogP contribution in [0, 0.1) is 35.2 Å². The molecule has 6 rings (SSSR count). The number of fused-ring (bicyclic) bond motifs is 1. The highest BCUT2D eigenvalue weighted by Crippen LogP contribution is 2.51. The van der Waals surface area contributed by atoms with Crippen LogP contribution in [0.2, 0.25) is 0 Å². The van der Waals surface area contributed by atoms with Crippen molar-refractivity contribution in [3.63, 3.8) is 0 Å². The Bertz CT molecular complexity index is 1270. The van der Waals surface area contributed by atoms with Crippen LogP contribution in [0.3, 0.4) is 0 Å². The summed E-state index contributed by atoms with van der Waals surface area (Å²) in [6.07, 6.45) is -1.61. The molecule has 38 heavy (non-hydrogen) atoms. The van der Waals surface area contributed by atoms with Gasteiger partial charge in [0.15, 0.2) is 17.5 Å². The smallest absolute Gasteiger partial charge is 0.381 e. The first-order chi connectivity index (χ1) is 18.9. The Labute approximate surface area is 219 Å². The van der Waals surface area contributed by atoms with Crippen molar-refractivity contribution in [2.45, 2.75) is 56.7 Å². The predicted molar refractivity (Wildman–Crippen MR) is 128 cm³/mol. The number of halogens is 6. The van der Waals surface area contributed by atoms with Gasteiger partial charge in [-0.2, -0.15) is 13.2 Å². The van der Waals surface area contributed by atoms with Crippen molar-refractivity contribution in [2.75, 3.05) is 38.1 Å². The summed E-state index contributed by atoms with van der Waals surface area (Å²) in [5.74, 6) is -5.01. The number of anilines is 1. The average molecular weight is 543 g/mol. The van der Waals surface area contributed by atoms with E-state index in [1.54, 1.807) is 0 Å². The second kappa shape index (κ2) is 9.97. The highest BCUT2D eigenvalue weighted by molar-refractivity contribution is 5.70. The first-order valence-electron chi connectivity index (χ1n) is 14.2. The molecule has 2 aromatic rings. The van der Waals surface area contributed by atoms with E-state index >= 15 is 0 Å². The van der Waals surface area contributed by atoms with Gasteiger partial charge >= 0.3 is 6.18 Å². The third kappa shape index (κ3) is 5.11. The number of nitrogens with one attached hydrogen (secondary N) is 1. The summed E-state index contributed by atoms with van der Waals surface area (Å²) in [5.41, 5.74) is -2.54. The highest BCUT2D eigenvalue weighted by Gasteiger charge is 2.46. The first kappa shape index (κ1) is 23.5. The minimum absolute atomic E-state index is 0.116. The molecule has 2 saturated carbocycles. The molecular formula is C27H30F6N4O. The lowest BCUT2D eigenvalue weighted by Crippen LogP contribution is -2.32. The molecule has 1 unspecified atom stereocenters. The number of rotatable bonds is 6. The zero-order chi connectivity index (χ0) is 28.4. The van der Waals surface area contributed by atoms with E-state index in [1.165, 1.54) is 0 Å². The van der Waals surface area contributed by atoms with Crippen LogP contribution in [0.25, 0.3) is 11.3 Å². The third-order valence-electron chi connectivity index (χ3n) is 8.21. The van der Waals surface area contributed by atoms with Crippen molar-refractivity contribution in [3.05, 3.63) is 40.7 Å². The summed E-state index contributed by atoms with van der Waals surface area (Å²) >= 11 is 0. The van der Waals surface area contributed by atoms with Crippen molar-refractivity contribution in [3.8, 4) is 11.3 Å². The van der Waals surface area contributed by atoms with Gasteiger partial charge in [0, 0.05) is 53.2 Å². The van der Waals surface area contributed by atoms with E-state index in [0.717, 1.165) is 0 Å². The molecule has 0 bridgehead atoms. The predicted octanol–water partition coefficient (Wildman–Crippen LogP) is 6.01. The van der Waals surface area contributed by atoms with Gasteiger partial charge in [0.2, 0.25) is 0 Å². The zero-order valence-corrected chi connectivity index (χ0v) is 20.6. The molecule has 0 spiro atoms. The molecule has 5 nitrogen and oxygen atoms in total. The molecular weight excluding hydrogens is 510 g/mol. The van der Waals surface area contributed by atoms with Crippen LogP contribution in [-0.2, 0) is 10.9 Å². The Hall–Kier alpha value is -2.40. The van der Waals surface area contributed by atoms with Crippen LogP contribution in [0.4, 0.5) is 32.2 Å². The van der Waals surface area contributed by atoms with Crippen LogP contribution in [0.1, 0.15) is 58.3 Å². The lowest BCUT2D eigenvalue weighted by molar-refractivity contribution is -0.137. The largest absolute Gasteiger partial charge is 0.420 e. The van der Waals surface area contributed by atoms with E-state index in [4.69, 9.17) is 7.48 Å². The monoisotopic (exact) mass is 542 g/mol. The number of ether oxygens (including phenoxy) is 1. The fourth-order valence-corrected chi connectivity index (χ4v) is 6.34. The number of hydrogen-bond acceptors (Lipinski definition) is 5. The van der Waals surface area contributed by atoms with Crippen molar-refractivity contribution >= 4 is 5.82 Å². The number of likely N-dealkylation sites (tertiary alicyclic amines) is 1. The Morgan fingerprint density at radius 1 is 1.00 bits per heavy atom. The molecule has 0 amide bonds. The van der Waals surface area contributed by atoms with Gasteiger partial charge in [0.05, 0.1) is 0 Å². The second-order valence-electron chi connectivity index (χ2n) is 11.0. The molecule has 11 heteroatoms. The van der Waals surface area contributed by atoms with Crippen LogP contribution in [0.15, 0.2) is 12.1 Å². The molecule has 1 N–H and O–H groups in total. The van der Waals surface area contributed by atoms with Gasteiger partial charge in [0.1, 0.15) is 17.1 Å². The van der Waals surface area contributed by atoms with Gasteiger partial charge in [-0.25, -0.2) is 13.2 Å². The molecule has 2 aliphatic carbocycles. The molecule has 206 valence electrons. The Balaban J connectivity index is 1.25. The van der Waals surface area contributed by atoms with E-state index < -0.39 is 58.7 Å². The molecule has 3 heterocycles. The number of alkyl halides is 3. The van der Waals surface area contributed by atoms with Crippen LogP contribution >= 0.6 is 0 Å². The fraction of sp³-hybridized carbons (Fsp3) is 0.630. The zero-order valence-electron chi connectivity index (χ0n) is 22.6. The van der Waals surface area contributed by atoms with Gasteiger partial charge in [-0.3, -0.25) is 0 Å². The summed E-state index contributed by atoms with van der Waals surface area (Å²) < 4.78 is 109. The van der Waals surface area contributed by atoms with E-state index in [9.17, 15) is 26.3 Å². The lowest BCUT2D eigenvalue weighted by Gasteiger charge is -2.28. The van der Waals surface area contributed by atoms with Crippen molar-refractivity contribution in [2.24, 2.45) is 17.8 Å². The average Bonchev–Trinajstić information content (AvgIpc) is 3.56. The molecule has 4 fully saturated rings. The molecule has 0 radical (unpaired) electrons. The number of hydrogen-bond donors (Lipinski definition) is 1. The molecule has 1 aromatic carbocycles. The fourth-order valence-electron chi connectivity index (χ4n) is 6.34. The standard InChI is InChI=1S/C27H30F6N4O/c28-18-9-20(24(30)21(29)10-18)25-22(15-1-2-15)23(27(31,32)33)26(36-35-25)34-19-7-16-12-37(13-17(16)8-19)11-14-3-5-38-6-4-14/h9-10,14-17,19H,1-8,11-13H2,(H,34,36)/t16-,17+,19?/i11D2. The Morgan fingerprint density at radius 2 is 1.68 bits per heavy atom. The Morgan fingerprint density at radius 3 is 2.32 bits per heavy atom. The maximum absolute atomic E-state index is 14.6. The van der Waals surface area contributed by atoms with Gasteiger partial charge in [-0.15, -0.1) is 10.2 Å². The normalized spacial score (nSPS) is 27.8. The number of aromatic nitrogens is 2. The number of nitrogens with zero attached hydrogens (tertiary/aromatic N) is 3. The van der Waals surface area contributed by atoms with Crippen molar-refractivity contribution in [1.82, 2.24) is 15.1 Å². The van der Waals surface area contributed by atoms with Gasteiger partial charge in [-0.05, 0) is 73.8 Å². The summed E-state index contributed by atoms with van der Waals surface area (Å²) in [7, 11) is 0. The SMILES string of the molecule is [2H]C([2H])(C1CCOCC1)N1C[C@H]2CC(Nc3nnc(-c4cc(F)cc(F)c4F)c(C4CC4)c3C(F)(F)F)C[C@H]2C1. The summed E-state index contributed by atoms with van der Waals surface area (Å²) in [5, 5.41) is 10.6. The van der Waals surface area contributed by atoms with Crippen LogP contribution in [-0.4, -0.2) is 53.9 Å². The minimum Gasteiger partial charge on any atom is -0.381 e. The molecule has 2 aliphatic heterocycles. The van der Waals surface area contributed by atoms with Gasteiger partial charge in [-0.1, -0.05) is 0 Å². The quantitative estimate of drug-likeness (QED) is 0.358. The molecule has 2 saturated heterocycles. The molecule has 1 aromatic heterocycles.